The highest BCUT2D eigenvalue weighted by Gasteiger charge is 2.26. The molecule has 0 amide bonds. The molecule has 6 aromatic rings. The Labute approximate surface area is 306 Å². The first-order chi connectivity index (χ1) is 25.0. The van der Waals surface area contributed by atoms with E-state index in [1.54, 1.807) is 55.6 Å². The lowest BCUT2D eigenvalue weighted by molar-refractivity contribution is 0.0682. The number of carboxylic acids is 2. The van der Waals surface area contributed by atoms with E-state index in [9.17, 15) is 30.0 Å². The van der Waals surface area contributed by atoms with Crippen molar-refractivity contribution >= 4 is 56.6 Å². The maximum absolute atomic E-state index is 11.6. The second-order valence-electron chi connectivity index (χ2n) is 13.1. The van der Waals surface area contributed by atoms with E-state index in [0.29, 0.717) is 38.6 Å². The van der Waals surface area contributed by atoms with E-state index in [-0.39, 0.29) is 17.5 Å². The largest absolute Gasteiger partial charge is 0.507 e. The van der Waals surface area contributed by atoms with Crippen LogP contribution < -0.4 is 9.64 Å². The number of carbonyl (C=O) groups is 2. The van der Waals surface area contributed by atoms with Gasteiger partial charge >= 0.3 is 11.9 Å². The normalized spacial score (nSPS) is 12.5. The van der Waals surface area contributed by atoms with E-state index in [4.69, 9.17) is 4.74 Å². The van der Waals surface area contributed by atoms with Gasteiger partial charge in [-0.15, -0.1) is 0 Å². The van der Waals surface area contributed by atoms with Crippen LogP contribution in [0, 0.1) is 5.92 Å². The number of carboxylic acid groups (broad SMARTS) is 2. The molecule has 266 valence electrons. The van der Waals surface area contributed by atoms with Crippen LogP contribution in [0.5, 0.6) is 17.2 Å². The number of para-hydroxylation sites is 1. The van der Waals surface area contributed by atoms with Gasteiger partial charge in [-0.05, 0) is 78.0 Å². The molecule has 0 saturated heterocycles. The summed E-state index contributed by atoms with van der Waals surface area (Å²) in [4.78, 5) is 30.5. The second-order valence-corrected chi connectivity index (χ2v) is 14.2. The number of benzene rings is 6. The van der Waals surface area contributed by atoms with Gasteiger partial charge in [0.25, 0.3) is 0 Å². The maximum Gasteiger partial charge on any atom is 0.339 e. The molecule has 0 aromatic heterocycles. The number of fused-ring (bicyclic) bond motifs is 4. The minimum absolute atomic E-state index is 0.0407. The van der Waals surface area contributed by atoms with E-state index in [0.717, 1.165) is 18.8 Å². The van der Waals surface area contributed by atoms with E-state index >= 15 is 0 Å². The van der Waals surface area contributed by atoms with Gasteiger partial charge < -0.3 is 35.0 Å². The molecule has 6 aromatic carbocycles. The third-order valence-electron chi connectivity index (χ3n) is 9.07. The highest BCUT2D eigenvalue weighted by Crippen LogP contribution is 2.49. The third-order valence-corrected chi connectivity index (χ3v) is 10.2. The average molecular weight is 717 g/mol. The lowest BCUT2D eigenvalue weighted by Crippen LogP contribution is -2.31. The Hall–Kier alpha value is -5.71. The Morgan fingerprint density at radius 2 is 1.25 bits per heavy atom. The van der Waals surface area contributed by atoms with Crippen molar-refractivity contribution in [2.75, 3.05) is 39.2 Å². The number of methoxy groups -OCH3 is 1. The van der Waals surface area contributed by atoms with Crippen LogP contribution in [0.2, 0.25) is 0 Å². The van der Waals surface area contributed by atoms with E-state index in [1.807, 2.05) is 17.8 Å². The summed E-state index contributed by atoms with van der Waals surface area (Å²) in [6.07, 6.45) is -0.0407. The van der Waals surface area contributed by atoms with Crippen molar-refractivity contribution in [3.63, 3.8) is 0 Å². The number of nitrogens with zero attached hydrogens (tertiary/aromatic N) is 2. The van der Waals surface area contributed by atoms with Crippen molar-refractivity contribution in [3.05, 3.63) is 125 Å². The van der Waals surface area contributed by atoms with Gasteiger partial charge in [-0.25, -0.2) is 9.59 Å². The van der Waals surface area contributed by atoms with Gasteiger partial charge in [0.2, 0.25) is 0 Å². The van der Waals surface area contributed by atoms with Crippen LogP contribution in [-0.4, -0.2) is 71.6 Å². The Kier molecular flexibility index (Phi) is 10.6. The first kappa shape index (κ1) is 36.1. The molecular formula is C42H40N2O7S. The molecule has 1 heterocycles. The molecule has 0 fully saturated rings. The van der Waals surface area contributed by atoms with E-state index in [1.165, 1.54) is 33.3 Å². The molecular weight excluding hydrogens is 677 g/mol. The average Bonchev–Trinajstić information content (AvgIpc) is 3.12. The van der Waals surface area contributed by atoms with Crippen molar-refractivity contribution in [2.24, 2.45) is 5.92 Å². The van der Waals surface area contributed by atoms with Crippen LogP contribution in [0.15, 0.2) is 113 Å². The first-order valence-electron chi connectivity index (χ1n) is 16.8. The second kappa shape index (κ2) is 15.3. The molecule has 9 nitrogen and oxygen atoms in total. The minimum Gasteiger partial charge on any atom is -0.507 e. The van der Waals surface area contributed by atoms with Crippen LogP contribution in [0.1, 0.15) is 38.8 Å². The molecule has 7 rings (SSSR count). The van der Waals surface area contributed by atoms with Crippen LogP contribution >= 0.6 is 11.8 Å². The Morgan fingerprint density at radius 1 is 0.731 bits per heavy atom. The van der Waals surface area contributed by atoms with Crippen LogP contribution in [0.25, 0.3) is 21.5 Å². The fourth-order valence-electron chi connectivity index (χ4n) is 6.81. The molecule has 0 bridgehead atoms. The third kappa shape index (κ3) is 7.35. The van der Waals surface area contributed by atoms with Gasteiger partial charge in [0.1, 0.15) is 28.4 Å². The SMILES string of the molecule is COc1ccc2c(c1)N(CC(C)CN(C)C)c1ccccc1S2.O=C(O)c1cc2ccccc2c(Cc2c(O)c(C(=O)O)cc3ccccc23)c1O. The molecule has 0 radical (unpaired) electrons. The quantitative estimate of drug-likeness (QED) is 0.115. The molecule has 1 aliphatic heterocycles. The molecule has 10 heteroatoms. The molecule has 1 atom stereocenters. The number of hydrogen-bond donors (Lipinski definition) is 4. The standard InChI is InChI=1S/C23H16O6.C19H24N2OS/c24-20-16(14-7-3-1-5-12(14)9-18(20)22(26)27)11-17-15-8-4-2-6-13(15)10-19(21(17)25)23(28)29;1-14(12-20(2)3)13-21-16-7-5-6-8-18(16)23-19-10-9-15(22-4)11-17(19)21/h1-10,24-25H,11H2,(H,26,27)(H,28,29);5-11,14H,12-13H2,1-4H3. The molecule has 0 spiro atoms. The zero-order chi connectivity index (χ0) is 37.1. The summed E-state index contributed by atoms with van der Waals surface area (Å²) < 4.78 is 5.44. The number of rotatable bonds is 9. The first-order valence-corrected chi connectivity index (χ1v) is 17.6. The van der Waals surface area contributed by atoms with Gasteiger partial charge in [-0.2, -0.15) is 0 Å². The molecule has 1 unspecified atom stereocenters. The van der Waals surface area contributed by atoms with Crippen LogP contribution in [0.3, 0.4) is 0 Å². The monoisotopic (exact) mass is 716 g/mol. The highest BCUT2D eigenvalue weighted by atomic mass is 32.2. The summed E-state index contributed by atoms with van der Waals surface area (Å²) in [6.45, 7) is 4.38. The summed E-state index contributed by atoms with van der Waals surface area (Å²) in [5.41, 5.74) is 2.66. The van der Waals surface area contributed by atoms with Gasteiger partial charge in [0.15, 0.2) is 0 Å². The lowest BCUT2D eigenvalue weighted by atomic mass is 9.90. The molecule has 4 N–H and O–H groups in total. The predicted octanol–water partition coefficient (Wildman–Crippen LogP) is 8.89. The van der Waals surface area contributed by atoms with Crippen molar-refractivity contribution in [1.29, 1.82) is 0 Å². The van der Waals surface area contributed by atoms with Crippen molar-refractivity contribution < 1.29 is 34.8 Å². The number of hydrogen-bond acceptors (Lipinski definition) is 8. The predicted molar refractivity (Wildman–Crippen MR) is 206 cm³/mol. The molecule has 0 aliphatic carbocycles. The fraction of sp³-hybridized carbons (Fsp3) is 0.190. The number of aromatic hydroxyl groups is 2. The number of aromatic carboxylic acids is 2. The molecule has 0 saturated carbocycles. The van der Waals surface area contributed by atoms with Crippen LogP contribution in [-0.2, 0) is 6.42 Å². The van der Waals surface area contributed by atoms with E-state index < -0.39 is 23.4 Å². The highest BCUT2D eigenvalue weighted by molar-refractivity contribution is 7.99. The van der Waals surface area contributed by atoms with Crippen LogP contribution in [0.4, 0.5) is 11.4 Å². The smallest absolute Gasteiger partial charge is 0.339 e. The van der Waals surface area contributed by atoms with Gasteiger partial charge in [0, 0.05) is 46.5 Å². The molecule has 1 aliphatic rings. The minimum atomic E-state index is -1.28. The zero-order valence-electron chi connectivity index (χ0n) is 29.3. The van der Waals surface area contributed by atoms with Gasteiger partial charge in [-0.1, -0.05) is 79.3 Å². The number of anilines is 2. The summed E-state index contributed by atoms with van der Waals surface area (Å²) >= 11 is 1.84. The topological polar surface area (TPSA) is 131 Å². The van der Waals surface area contributed by atoms with Crippen molar-refractivity contribution in [3.8, 4) is 17.2 Å². The van der Waals surface area contributed by atoms with Gasteiger partial charge in [-0.3, -0.25) is 0 Å². The number of phenols is 2. The van der Waals surface area contributed by atoms with Gasteiger partial charge in [0.05, 0.1) is 18.5 Å². The summed E-state index contributed by atoms with van der Waals surface area (Å²) in [5, 5.41) is 42.8. The summed E-state index contributed by atoms with van der Waals surface area (Å²) in [7, 11) is 5.99. The fourth-order valence-corrected chi connectivity index (χ4v) is 7.89. The lowest BCUT2D eigenvalue weighted by Gasteiger charge is -2.35. The molecule has 52 heavy (non-hydrogen) atoms. The Bertz CT molecular complexity index is 2200. The number of ether oxygens (including phenoxy) is 1. The zero-order valence-corrected chi connectivity index (χ0v) is 30.1. The maximum atomic E-state index is 11.6. The Balaban J connectivity index is 0.000000183. The van der Waals surface area contributed by atoms with Crippen molar-refractivity contribution in [2.45, 2.75) is 23.1 Å². The summed E-state index contributed by atoms with van der Waals surface area (Å²) in [6, 6.07) is 31.8. The summed E-state index contributed by atoms with van der Waals surface area (Å²) in [5.74, 6) is -1.87. The Morgan fingerprint density at radius 3 is 1.79 bits per heavy atom. The van der Waals surface area contributed by atoms with E-state index in [2.05, 4.69) is 67.2 Å². The van der Waals surface area contributed by atoms with Crippen molar-refractivity contribution in [1.82, 2.24) is 4.90 Å².